The van der Waals surface area contributed by atoms with Gasteiger partial charge in [0.25, 0.3) is 0 Å². The molecule has 70 valence electrons. The standard InChI is InChI=1S/C8H14O4/c1-2-6(8(11)12)3-4-7(10)5-9/h3,7,9-10H,2,4-5H2,1H3,(H,11,12)/b6-3+/t7-/m0/s1. The molecule has 0 aliphatic rings. The smallest absolute Gasteiger partial charge is 0.331 e. The molecule has 0 radical (unpaired) electrons. The zero-order chi connectivity index (χ0) is 9.56. The van der Waals surface area contributed by atoms with E-state index in [1.54, 1.807) is 6.92 Å². The molecular formula is C8H14O4. The summed E-state index contributed by atoms with van der Waals surface area (Å²) in [5.41, 5.74) is 0.266. The molecule has 0 aromatic heterocycles. The third-order valence-electron chi connectivity index (χ3n) is 1.50. The molecule has 0 aromatic carbocycles. The van der Waals surface area contributed by atoms with Crippen LogP contribution in [0.25, 0.3) is 0 Å². The van der Waals surface area contributed by atoms with Gasteiger partial charge in [-0.25, -0.2) is 4.79 Å². The Hall–Kier alpha value is -0.870. The van der Waals surface area contributed by atoms with Gasteiger partial charge >= 0.3 is 5.97 Å². The molecule has 4 heteroatoms. The lowest BCUT2D eigenvalue weighted by Gasteiger charge is -2.03. The highest BCUT2D eigenvalue weighted by molar-refractivity contribution is 5.86. The predicted octanol–water partition coefficient (Wildman–Crippen LogP) is 0.151. The Balaban J connectivity index is 4.03. The first-order chi connectivity index (χ1) is 5.61. The summed E-state index contributed by atoms with van der Waals surface area (Å²) < 4.78 is 0. The number of hydrogen-bond donors (Lipinski definition) is 3. The van der Waals surface area contributed by atoms with Crippen molar-refractivity contribution < 1.29 is 20.1 Å². The molecule has 12 heavy (non-hydrogen) atoms. The van der Waals surface area contributed by atoms with Crippen LogP contribution in [0.5, 0.6) is 0 Å². The van der Waals surface area contributed by atoms with Crippen LogP contribution in [-0.4, -0.2) is 34.0 Å². The maximum Gasteiger partial charge on any atom is 0.331 e. The molecule has 0 aliphatic carbocycles. The third-order valence-corrected chi connectivity index (χ3v) is 1.50. The molecule has 0 rings (SSSR count). The Labute approximate surface area is 71.1 Å². The van der Waals surface area contributed by atoms with Gasteiger partial charge in [0, 0.05) is 5.57 Å². The van der Waals surface area contributed by atoms with Crippen LogP contribution in [0.15, 0.2) is 11.6 Å². The minimum Gasteiger partial charge on any atom is -0.478 e. The van der Waals surface area contributed by atoms with Crippen LogP contribution < -0.4 is 0 Å². The average molecular weight is 174 g/mol. The van der Waals surface area contributed by atoms with Crippen LogP contribution >= 0.6 is 0 Å². The summed E-state index contributed by atoms with van der Waals surface area (Å²) in [7, 11) is 0. The van der Waals surface area contributed by atoms with E-state index in [0.29, 0.717) is 6.42 Å². The van der Waals surface area contributed by atoms with E-state index >= 15 is 0 Å². The predicted molar refractivity (Wildman–Crippen MR) is 43.7 cm³/mol. The van der Waals surface area contributed by atoms with Crippen LogP contribution in [0.2, 0.25) is 0 Å². The van der Waals surface area contributed by atoms with Crippen molar-refractivity contribution in [2.75, 3.05) is 6.61 Å². The van der Waals surface area contributed by atoms with E-state index in [-0.39, 0.29) is 18.6 Å². The molecule has 0 heterocycles. The Morgan fingerprint density at radius 2 is 2.17 bits per heavy atom. The Morgan fingerprint density at radius 1 is 1.58 bits per heavy atom. The Bertz CT molecular complexity index is 174. The van der Waals surface area contributed by atoms with Gasteiger partial charge in [0.1, 0.15) is 0 Å². The molecule has 0 bridgehead atoms. The van der Waals surface area contributed by atoms with Gasteiger partial charge in [-0.2, -0.15) is 0 Å². The molecule has 0 spiro atoms. The van der Waals surface area contributed by atoms with Gasteiger partial charge in [0.2, 0.25) is 0 Å². The van der Waals surface area contributed by atoms with Crippen molar-refractivity contribution in [3.8, 4) is 0 Å². The second-order valence-corrected chi connectivity index (χ2v) is 2.46. The lowest BCUT2D eigenvalue weighted by Crippen LogP contribution is -2.11. The molecule has 4 nitrogen and oxygen atoms in total. The topological polar surface area (TPSA) is 77.8 Å². The average Bonchev–Trinajstić information content (AvgIpc) is 2.04. The SMILES string of the molecule is CC/C(=C\C[C@H](O)CO)C(=O)O. The van der Waals surface area contributed by atoms with Crippen LogP contribution in [0, 0.1) is 0 Å². The number of carboxylic acids is 1. The summed E-state index contributed by atoms with van der Waals surface area (Å²) in [5, 5.41) is 25.9. The molecule has 0 amide bonds. The number of aliphatic hydroxyl groups excluding tert-OH is 2. The van der Waals surface area contributed by atoms with E-state index in [1.807, 2.05) is 0 Å². The summed E-state index contributed by atoms with van der Waals surface area (Å²) in [5.74, 6) is -0.970. The van der Waals surface area contributed by atoms with Crippen LogP contribution in [0.1, 0.15) is 19.8 Å². The number of aliphatic hydroxyl groups is 2. The van der Waals surface area contributed by atoms with Gasteiger partial charge in [-0.15, -0.1) is 0 Å². The Kier molecular flexibility index (Phi) is 5.32. The van der Waals surface area contributed by atoms with E-state index in [0.717, 1.165) is 0 Å². The van der Waals surface area contributed by atoms with Crippen molar-refractivity contribution in [3.63, 3.8) is 0 Å². The second-order valence-electron chi connectivity index (χ2n) is 2.46. The molecule has 0 aromatic rings. The molecule has 0 fully saturated rings. The fraction of sp³-hybridized carbons (Fsp3) is 0.625. The van der Waals surface area contributed by atoms with Gasteiger partial charge in [0.05, 0.1) is 12.7 Å². The van der Waals surface area contributed by atoms with Crippen molar-refractivity contribution in [2.45, 2.75) is 25.9 Å². The lowest BCUT2D eigenvalue weighted by molar-refractivity contribution is -0.132. The van der Waals surface area contributed by atoms with Gasteiger partial charge in [0.15, 0.2) is 0 Å². The first-order valence-corrected chi connectivity index (χ1v) is 3.83. The minimum absolute atomic E-state index is 0.186. The van der Waals surface area contributed by atoms with Crippen LogP contribution in [0.4, 0.5) is 0 Å². The molecule has 0 saturated heterocycles. The van der Waals surface area contributed by atoms with Crippen molar-refractivity contribution in [1.82, 2.24) is 0 Å². The Morgan fingerprint density at radius 3 is 2.50 bits per heavy atom. The molecular weight excluding hydrogens is 160 g/mol. The van der Waals surface area contributed by atoms with Crippen molar-refractivity contribution in [1.29, 1.82) is 0 Å². The molecule has 0 aliphatic heterocycles. The molecule has 0 saturated carbocycles. The van der Waals surface area contributed by atoms with Gasteiger partial charge < -0.3 is 15.3 Å². The fourth-order valence-corrected chi connectivity index (χ4v) is 0.736. The molecule has 0 unspecified atom stereocenters. The number of hydrogen-bond acceptors (Lipinski definition) is 3. The second kappa shape index (κ2) is 5.74. The lowest BCUT2D eigenvalue weighted by atomic mass is 10.1. The summed E-state index contributed by atoms with van der Waals surface area (Å²) in [4.78, 5) is 10.4. The molecule has 1 atom stereocenters. The molecule has 3 N–H and O–H groups in total. The number of aliphatic carboxylic acids is 1. The van der Waals surface area contributed by atoms with Crippen molar-refractivity contribution >= 4 is 5.97 Å². The highest BCUT2D eigenvalue weighted by atomic mass is 16.4. The maximum atomic E-state index is 10.4. The van der Waals surface area contributed by atoms with Gasteiger partial charge in [-0.1, -0.05) is 13.0 Å². The highest BCUT2D eigenvalue weighted by Crippen LogP contribution is 2.03. The van der Waals surface area contributed by atoms with E-state index in [2.05, 4.69) is 0 Å². The van der Waals surface area contributed by atoms with E-state index in [9.17, 15) is 4.79 Å². The quantitative estimate of drug-likeness (QED) is 0.518. The van der Waals surface area contributed by atoms with Crippen molar-refractivity contribution in [3.05, 3.63) is 11.6 Å². The van der Waals surface area contributed by atoms with E-state index in [1.165, 1.54) is 6.08 Å². The van der Waals surface area contributed by atoms with Gasteiger partial charge in [-0.05, 0) is 12.8 Å². The van der Waals surface area contributed by atoms with E-state index < -0.39 is 12.1 Å². The number of carboxylic acid groups (broad SMARTS) is 1. The summed E-state index contributed by atoms with van der Waals surface area (Å²) in [6, 6.07) is 0. The highest BCUT2D eigenvalue weighted by Gasteiger charge is 2.05. The first-order valence-electron chi connectivity index (χ1n) is 3.83. The zero-order valence-corrected chi connectivity index (χ0v) is 7.03. The van der Waals surface area contributed by atoms with Gasteiger partial charge in [-0.3, -0.25) is 0 Å². The normalized spacial score (nSPS) is 14.4. The minimum atomic E-state index is -0.970. The first kappa shape index (κ1) is 11.1. The van der Waals surface area contributed by atoms with Crippen LogP contribution in [0.3, 0.4) is 0 Å². The third kappa shape index (κ3) is 4.10. The van der Waals surface area contributed by atoms with E-state index in [4.69, 9.17) is 15.3 Å². The number of rotatable bonds is 5. The largest absolute Gasteiger partial charge is 0.478 e. The monoisotopic (exact) mass is 174 g/mol. The summed E-state index contributed by atoms with van der Waals surface area (Å²) in [6.07, 6.45) is 1.19. The summed E-state index contributed by atoms with van der Waals surface area (Å²) >= 11 is 0. The maximum absolute atomic E-state index is 10.4. The number of carbonyl (C=O) groups is 1. The van der Waals surface area contributed by atoms with Crippen molar-refractivity contribution in [2.24, 2.45) is 0 Å². The van der Waals surface area contributed by atoms with Crippen LogP contribution in [-0.2, 0) is 4.79 Å². The fourth-order valence-electron chi connectivity index (χ4n) is 0.736. The summed E-state index contributed by atoms with van der Waals surface area (Å²) in [6.45, 7) is 1.39. The zero-order valence-electron chi connectivity index (χ0n) is 7.03.